The van der Waals surface area contributed by atoms with Gasteiger partial charge in [0.1, 0.15) is 47.0 Å². The van der Waals surface area contributed by atoms with Crippen LogP contribution in [0.2, 0.25) is 0 Å². The van der Waals surface area contributed by atoms with Crippen LogP contribution in [-0.4, -0.2) is 90.6 Å². The van der Waals surface area contributed by atoms with Crippen LogP contribution in [0.3, 0.4) is 0 Å². The predicted molar refractivity (Wildman–Crippen MR) is 113 cm³/mol. The number of carbonyl (C=O) groups excluding carboxylic acids is 4. The minimum Gasteiger partial charge on any atom is -0.507 e. The maximum atomic E-state index is 12.3. The lowest BCUT2D eigenvalue weighted by Crippen LogP contribution is -2.63. The average molecular weight is 540 g/mol. The van der Waals surface area contributed by atoms with Crippen LogP contribution in [-0.2, 0) is 39.7 Å². The lowest BCUT2D eigenvalue weighted by Gasteiger charge is -2.45. The fourth-order valence-corrected chi connectivity index (χ4v) is 3.33. The van der Waals surface area contributed by atoms with Gasteiger partial charge < -0.3 is 40.5 Å². The molecular formula is C22H20O16. The molecule has 38 heavy (non-hydrogen) atoms. The second-order valence-electron chi connectivity index (χ2n) is 7.66. The van der Waals surface area contributed by atoms with Gasteiger partial charge in [-0.15, -0.1) is 0 Å². The molecule has 204 valence electrons. The highest BCUT2D eigenvalue weighted by molar-refractivity contribution is 6.29. The molecule has 2 aromatic carbocycles. The van der Waals surface area contributed by atoms with Gasteiger partial charge in [-0.1, -0.05) is 18.2 Å². The Morgan fingerprint density at radius 2 is 1.34 bits per heavy atom. The molecule has 1 fully saturated rings. The summed E-state index contributed by atoms with van der Waals surface area (Å²) in [7, 11) is 0. The van der Waals surface area contributed by atoms with E-state index < -0.39 is 88.9 Å². The summed E-state index contributed by atoms with van der Waals surface area (Å²) in [5, 5.41) is 70.2. The molecule has 1 saturated heterocycles. The predicted octanol–water partition coefficient (Wildman–Crippen LogP) is -2.35. The first-order valence-electron chi connectivity index (χ1n) is 10.4. The van der Waals surface area contributed by atoms with Crippen molar-refractivity contribution < 1.29 is 79.2 Å². The molecule has 5 atom stereocenters. The minimum absolute atomic E-state index is 0.406. The van der Waals surface area contributed by atoms with Gasteiger partial charge in [0.05, 0.1) is 12.2 Å². The normalized spacial score (nSPS) is 24.7. The van der Waals surface area contributed by atoms with E-state index in [1.807, 2.05) is 0 Å². The summed E-state index contributed by atoms with van der Waals surface area (Å²) in [6.45, 7) is -0.913. The van der Waals surface area contributed by atoms with Gasteiger partial charge in [-0.3, -0.25) is 0 Å². The molecule has 0 aromatic heterocycles. The van der Waals surface area contributed by atoms with Crippen molar-refractivity contribution in [1.82, 2.24) is 0 Å². The first kappa shape index (κ1) is 28.3. The number of para-hydroxylation sites is 2. The van der Waals surface area contributed by atoms with E-state index in [1.165, 1.54) is 12.1 Å². The number of phenols is 2. The fourth-order valence-electron chi connectivity index (χ4n) is 3.33. The number of aliphatic hydroxyl groups excluding tert-OH is 4. The highest BCUT2D eigenvalue weighted by Crippen LogP contribution is 2.41. The minimum atomic E-state index is -2.94. The molecule has 0 saturated carbocycles. The van der Waals surface area contributed by atoms with Crippen molar-refractivity contribution in [3.63, 3.8) is 0 Å². The number of carbonyl (C=O) groups is 4. The molecule has 2 aromatic rings. The summed E-state index contributed by atoms with van der Waals surface area (Å²) in [6, 6.07) is 7.89. The number of hydrogen-bond donors (Lipinski definition) is 7. The molecule has 1 heterocycles. The number of rotatable bonds is 4. The van der Waals surface area contributed by atoms with E-state index in [2.05, 4.69) is 19.6 Å². The zero-order chi connectivity index (χ0) is 28.2. The lowest BCUT2D eigenvalue weighted by molar-refractivity contribution is -0.358. The highest BCUT2D eigenvalue weighted by atomic mass is 17.2. The van der Waals surface area contributed by atoms with E-state index in [1.54, 1.807) is 0 Å². The monoisotopic (exact) mass is 540 g/mol. The van der Waals surface area contributed by atoms with Crippen LogP contribution in [0.25, 0.3) is 0 Å². The Bertz CT molecular complexity index is 1230. The summed E-state index contributed by atoms with van der Waals surface area (Å²) < 4.78 is 5.06. The Balaban J connectivity index is 1.66. The van der Waals surface area contributed by atoms with Gasteiger partial charge in [-0.05, 0) is 24.3 Å². The van der Waals surface area contributed by atoms with Crippen molar-refractivity contribution in [2.75, 3.05) is 6.61 Å². The van der Waals surface area contributed by atoms with Crippen molar-refractivity contribution in [3.05, 3.63) is 59.2 Å². The Morgan fingerprint density at radius 3 is 1.92 bits per heavy atom. The van der Waals surface area contributed by atoms with Gasteiger partial charge in [0.15, 0.2) is 0 Å². The average Bonchev–Trinajstić information content (AvgIpc) is 2.91. The zero-order valence-corrected chi connectivity index (χ0v) is 18.9. The molecule has 0 aliphatic carbocycles. The molecule has 0 bridgehead atoms. The maximum absolute atomic E-state index is 12.3. The number of phenolic OH excluding ortho intramolecular Hbond substituents is 2. The summed E-state index contributed by atoms with van der Waals surface area (Å²) in [5.41, 5.74) is -1.93. The SMILES string of the molecule is O=C(OOC(=O)c1ccccc1O)C(=O)OOC(=O)c1cccc(C2(O)O[C@H](CO)[C@@H](O)[C@H](O)[C@H]2O)c1O. The van der Waals surface area contributed by atoms with Crippen LogP contribution in [0.1, 0.15) is 26.3 Å². The Hall–Kier alpha value is -4.32. The summed E-state index contributed by atoms with van der Waals surface area (Å²) in [6.07, 6.45) is -7.75. The van der Waals surface area contributed by atoms with Crippen molar-refractivity contribution in [2.24, 2.45) is 0 Å². The van der Waals surface area contributed by atoms with Crippen LogP contribution in [0, 0.1) is 0 Å². The van der Waals surface area contributed by atoms with E-state index >= 15 is 0 Å². The molecule has 1 aliphatic heterocycles. The van der Waals surface area contributed by atoms with Crippen molar-refractivity contribution in [2.45, 2.75) is 30.2 Å². The molecule has 7 N–H and O–H groups in total. The Kier molecular flexibility index (Phi) is 8.46. The third-order valence-corrected chi connectivity index (χ3v) is 5.28. The maximum Gasteiger partial charge on any atom is 0.467 e. The van der Waals surface area contributed by atoms with E-state index in [-0.39, 0.29) is 0 Å². The van der Waals surface area contributed by atoms with Crippen LogP contribution < -0.4 is 0 Å². The Labute approximate surface area is 211 Å². The van der Waals surface area contributed by atoms with Crippen LogP contribution in [0.4, 0.5) is 0 Å². The summed E-state index contributed by atoms with van der Waals surface area (Å²) in [4.78, 5) is 63.5. The van der Waals surface area contributed by atoms with Gasteiger partial charge in [0, 0.05) is 0 Å². The summed E-state index contributed by atoms with van der Waals surface area (Å²) >= 11 is 0. The fraction of sp³-hybridized carbons (Fsp3) is 0.273. The van der Waals surface area contributed by atoms with Gasteiger partial charge in [0.2, 0.25) is 5.79 Å². The number of aromatic hydroxyl groups is 2. The molecule has 0 radical (unpaired) electrons. The first-order chi connectivity index (χ1) is 17.9. The molecule has 3 rings (SSSR count). The standard InChI is InChI=1S/C22H20O16/c23-8-13-15(26)16(27)17(28)22(33,34-13)11-6-3-5-10(14(11)25)19(30)36-38-21(32)20(31)37-35-18(29)9-4-1-2-7-12(9)24/h1-7,13,15-17,23-28,33H,8H2/t13-,15-,16+,17-,22?/m1/s1. The molecule has 0 amide bonds. The van der Waals surface area contributed by atoms with E-state index in [0.29, 0.717) is 0 Å². The largest absolute Gasteiger partial charge is 0.507 e. The second kappa shape index (κ2) is 11.4. The molecule has 16 nitrogen and oxygen atoms in total. The van der Waals surface area contributed by atoms with E-state index in [0.717, 1.165) is 30.3 Å². The number of aliphatic hydroxyl groups is 5. The Morgan fingerprint density at radius 1 is 0.789 bits per heavy atom. The topological polar surface area (TPSA) is 256 Å². The van der Waals surface area contributed by atoms with Gasteiger partial charge >= 0.3 is 23.9 Å². The zero-order valence-electron chi connectivity index (χ0n) is 18.9. The van der Waals surface area contributed by atoms with Crippen molar-refractivity contribution in [1.29, 1.82) is 0 Å². The van der Waals surface area contributed by atoms with Crippen LogP contribution >= 0.6 is 0 Å². The van der Waals surface area contributed by atoms with Crippen LogP contribution in [0.15, 0.2) is 42.5 Å². The third kappa shape index (κ3) is 5.49. The van der Waals surface area contributed by atoms with Crippen molar-refractivity contribution >= 4 is 23.9 Å². The van der Waals surface area contributed by atoms with E-state index in [4.69, 9.17) is 4.74 Å². The summed E-state index contributed by atoms with van der Waals surface area (Å²) in [5.74, 6) is -11.5. The second-order valence-corrected chi connectivity index (χ2v) is 7.66. The smallest absolute Gasteiger partial charge is 0.467 e. The quantitative estimate of drug-likeness (QED) is 0.122. The first-order valence-corrected chi connectivity index (χ1v) is 10.4. The number of hydrogen-bond acceptors (Lipinski definition) is 16. The van der Waals surface area contributed by atoms with Gasteiger partial charge in [0.25, 0.3) is 0 Å². The molecule has 1 aliphatic rings. The third-order valence-electron chi connectivity index (χ3n) is 5.28. The molecule has 16 heteroatoms. The molecule has 0 spiro atoms. The molecule has 1 unspecified atom stereocenters. The number of benzene rings is 2. The number of ether oxygens (including phenoxy) is 1. The highest BCUT2D eigenvalue weighted by Gasteiger charge is 2.55. The van der Waals surface area contributed by atoms with Gasteiger partial charge in [-0.25, -0.2) is 38.7 Å². The lowest BCUT2D eigenvalue weighted by atomic mass is 9.87. The van der Waals surface area contributed by atoms with Crippen molar-refractivity contribution in [3.8, 4) is 11.5 Å². The molecular weight excluding hydrogens is 520 g/mol. The van der Waals surface area contributed by atoms with E-state index in [9.17, 15) is 54.9 Å². The van der Waals surface area contributed by atoms with Crippen LogP contribution in [0.5, 0.6) is 11.5 Å². The van der Waals surface area contributed by atoms with Gasteiger partial charge in [-0.2, -0.15) is 0 Å².